The van der Waals surface area contributed by atoms with E-state index in [2.05, 4.69) is 15.6 Å². The van der Waals surface area contributed by atoms with Crippen molar-refractivity contribution >= 4 is 5.96 Å². The molecule has 142 valence electrons. The molecule has 1 saturated heterocycles. The Balaban J connectivity index is 1.65. The summed E-state index contributed by atoms with van der Waals surface area (Å²) in [6, 6.07) is 17.8. The lowest BCUT2D eigenvalue weighted by Gasteiger charge is -2.20. The maximum atomic E-state index is 14.4. The van der Waals surface area contributed by atoms with E-state index in [1.807, 2.05) is 0 Å². The van der Waals surface area contributed by atoms with Gasteiger partial charge < -0.3 is 10.6 Å². The molecule has 0 aliphatic carbocycles. The highest BCUT2D eigenvalue weighted by molar-refractivity contribution is 5.83. The average molecular weight is 381 g/mol. The highest BCUT2D eigenvalue weighted by atomic mass is 19.1. The molecule has 1 fully saturated rings. The SMILES string of the molecule is Fc1ccc(CN=C2N[C@H](c3ccccc3F)[C@H](c3ccccc3F)N2)cc1. The summed E-state index contributed by atoms with van der Waals surface area (Å²) in [6.45, 7) is 0.309. The summed E-state index contributed by atoms with van der Waals surface area (Å²) in [5.41, 5.74) is 1.68. The maximum Gasteiger partial charge on any atom is 0.192 e. The third-order valence-electron chi connectivity index (χ3n) is 4.73. The Morgan fingerprint density at radius 3 is 1.68 bits per heavy atom. The van der Waals surface area contributed by atoms with Crippen LogP contribution in [0.15, 0.2) is 77.8 Å². The molecule has 3 nitrogen and oxygen atoms in total. The Hall–Kier alpha value is -3.28. The lowest BCUT2D eigenvalue weighted by molar-refractivity contribution is 0.490. The second-order valence-corrected chi connectivity index (χ2v) is 6.58. The van der Waals surface area contributed by atoms with Crippen LogP contribution in [-0.4, -0.2) is 5.96 Å². The number of benzene rings is 3. The van der Waals surface area contributed by atoms with E-state index in [-0.39, 0.29) is 17.5 Å². The molecule has 0 saturated carbocycles. The molecular weight excluding hydrogens is 363 g/mol. The van der Waals surface area contributed by atoms with Gasteiger partial charge >= 0.3 is 0 Å². The summed E-state index contributed by atoms with van der Waals surface area (Å²) in [5, 5.41) is 6.33. The first-order chi connectivity index (χ1) is 13.6. The molecule has 0 spiro atoms. The second kappa shape index (κ2) is 7.76. The van der Waals surface area contributed by atoms with Crippen LogP contribution in [0.5, 0.6) is 0 Å². The van der Waals surface area contributed by atoms with E-state index < -0.39 is 12.1 Å². The Morgan fingerprint density at radius 1 is 0.679 bits per heavy atom. The molecule has 3 aromatic carbocycles. The molecule has 28 heavy (non-hydrogen) atoms. The Bertz CT molecular complexity index is 946. The molecule has 1 heterocycles. The number of rotatable bonds is 4. The van der Waals surface area contributed by atoms with Gasteiger partial charge in [-0.25, -0.2) is 18.2 Å². The van der Waals surface area contributed by atoms with Gasteiger partial charge in [-0.2, -0.15) is 0 Å². The van der Waals surface area contributed by atoms with Gasteiger partial charge in [0.2, 0.25) is 0 Å². The van der Waals surface area contributed by atoms with E-state index >= 15 is 0 Å². The number of aliphatic imine (C=N–C) groups is 1. The standard InChI is InChI=1S/C22H18F3N3/c23-15-11-9-14(10-12-15)13-26-22-27-20(16-5-1-3-7-18(16)24)21(28-22)17-6-2-4-8-19(17)25/h1-12,20-21H,13H2,(H2,26,27,28)/t20-,21+. The first-order valence-electron chi connectivity index (χ1n) is 8.92. The zero-order chi connectivity index (χ0) is 19.5. The molecule has 1 aliphatic rings. The lowest BCUT2D eigenvalue weighted by atomic mass is 9.94. The molecule has 3 aromatic rings. The monoisotopic (exact) mass is 381 g/mol. The molecular formula is C22H18F3N3. The van der Waals surface area contributed by atoms with Crippen molar-refractivity contribution in [1.29, 1.82) is 0 Å². The number of guanidine groups is 1. The van der Waals surface area contributed by atoms with E-state index in [0.29, 0.717) is 23.6 Å². The van der Waals surface area contributed by atoms with Crippen molar-refractivity contribution in [1.82, 2.24) is 10.6 Å². The first kappa shape index (κ1) is 18.1. The Kier molecular flexibility index (Phi) is 5.02. The molecule has 0 amide bonds. The average Bonchev–Trinajstić information content (AvgIpc) is 3.12. The van der Waals surface area contributed by atoms with Gasteiger partial charge in [0, 0.05) is 11.1 Å². The lowest BCUT2D eigenvalue weighted by Crippen LogP contribution is -2.25. The zero-order valence-corrected chi connectivity index (χ0v) is 14.9. The van der Waals surface area contributed by atoms with Gasteiger partial charge in [0.05, 0.1) is 18.6 Å². The van der Waals surface area contributed by atoms with E-state index in [9.17, 15) is 13.2 Å². The summed E-state index contributed by atoms with van der Waals surface area (Å²) in [4.78, 5) is 4.46. The molecule has 2 atom stereocenters. The number of halogens is 3. The Labute approximate surface area is 160 Å². The van der Waals surface area contributed by atoms with Crippen molar-refractivity contribution in [2.24, 2.45) is 4.99 Å². The van der Waals surface area contributed by atoms with Crippen LogP contribution in [0, 0.1) is 17.5 Å². The smallest absolute Gasteiger partial charge is 0.192 e. The molecule has 6 heteroatoms. The van der Waals surface area contributed by atoms with Crippen LogP contribution in [0.4, 0.5) is 13.2 Å². The van der Waals surface area contributed by atoms with Crippen molar-refractivity contribution in [2.45, 2.75) is 18.6 Å². The van der Waals surface area contributed by atoms with E-state index in [0.717, 1.165) is 5.56 Å². The summed E-state index contributed by atoms with van der Waals surface area (Å²) < 4.78 is 41.9. The van der Waals surface area contributed by atoms with Crippen LogP contribution in [-0.2, 0) is 6.54 Å². The topological polar surface area (TPSA) is 36.4 Å². The van der Waals surface area contributed by atoms with Crippen LogP contribution in [0.2, 0.25) is 0 Å². The fourth-order valence-electron chi connectivity index (χ4n) is 3.32. The highest BCUT2D eigenvalue weighted by Crippen LogP contribution is 2.34. The van der Waals surface area contributed by atoms with Gasteiger partial charge in [0.25, 0.3) is 0 Å². The minimum Gasteiger partial charge on any atom is -0.347 e. The van der Waals surface area contributed by atoms with Gasteiger partial charge in [-0.15, -0.1) is 0 Å². The van der Waals surface area contributed by atoms with Gasteiger partial charge in [0.15, 0.2) is 5.96 Å². The van der Waals surface area contributed by atoms with Crippen molar-refractivity contribution in [3.8, 4) is 0 Å². The largest absolute Gasteiger partial charge is 0.347 e. The number of nitrogens with zero attached hydrogens (tertiary/aromatic N) is 1. The van der Waals surface area contributed by atoms with Crippen LogP contribution in [0.25, 0.3) is 0 Å². The predicted molar refractivity (Wildman–Crippen MR) is 102 cm³/mol. The highest BCUT2D eigenvalue weighted by Gasteiger charge is 2.35. The van der Waals surface area contributed by atoms with E-state index in [4.69, 9.17) is 0 Å². The van der Waals surface area contributed by atoms with Crippen LogP contribution < -0.4 is 10.6 Å². The second-order valence-electron chi connectivity index (χ2n) is 6.58. The van der Waals surface area contributed by atoms with Gasteiger partial charge in [0.1, 0.15) is 17.5 Å². The van der Waals surface area contributed by atoms with Crippen LogP contribution in [0.1, 0.15) is 28.8 Å². The summed E-state index contributed by atoms with van der Waals surface area (Å²) in [6.07, 6.45) is 0. The number of hydrogen-bond donors (Lipinski definition) is 2. The minimum absolute atomic E-state index is 0.309. The minimum atomic E-state index is -0.523. The first-order valence-corrected chi connectivity index (χ1v) is 8.92. The zero-order valence-electron chi connectivity index (χ0n) is 14.9. The normalized spacial score (nSPS) is 20.0. The molecule has 1 aliphatic heterocycles. The third kappa shape index (κ3) is 3.71. The molecule has 0 aromatic heterocycles. The molecule has 0 radical (unpaired) electrons. The van der Waals surface area contributed by atoms with Crippen molar-refractivity contribution in [3.63, 3.8) is 0 Å². The van der Waals surface area contributed by atoms with Gasteiger partial charge in [-0.05, 0) is 29.8 Å². The number of hydrogen-bond acceptors (Lipinski definition) is 1. The summed E-state index contributed by atoms with van der Waals surface area (Å²) in [5.74, 6) is -0.621. The van der Waals surface area contributed by atoms with Gasteiger partial charge in [-0.3, -0.25) is 0 Å². The van der Waals surface area contributed by atoms with E-state index in [1.54, 1.807) is 48.5 Å². The van der Waals surface area contributed by atoms with Crippen LogP contribution >= 0.6 is 0 Å². The van der Waals surface area contributed by atoms with Crippen molar-refractivity contribution in [2.75, 3.05) is 0 Å². The molecule has 2 N–H and O–H groups in total. The van der Waals surface area contributed by atoms with Crippen molar-refractivity contribution in [3.05, 3.63) is 107 Å². The number of nitrogens with one attached hydrogen (secondary N) is 2. The summed E-state index contributed by atoms with van der Waals surface area (Å²) in [7, 11) is 0. The van der Waals surface area contributed by atoms with E-state index in [1.165, 1.54) is 24.3 Å². The molecule has 0 unspecified atom stereocenters. The Morgan fingerprint density at radius 2 is 1.18 bits per heavy atom. The molecule has 0 bridgehead atoms. The maximum absolute atomic E-state index is 14.4. The predicted octanol–water partition coefficient (Wildman–Crippen LogP) is 4.64. The van der Waals surface area contributed by atoms with Gasteiger partial charge in [-0.1, -0.05) is 48.5 Å². The van der Waals surface area contributed by atoms with Crippen LogP contribution in [0.3, 0.4) is 0 Å². The molecule has 4 rings (SSSR count). The van der Waals surface area contributed by atoms with Crippen molar-refractivity contribution < 1.29 is 13.2 Å². The third-order valence-corrected chi connectivity index (χ3v) is 4.73. The fourth-order valence-corrected chi connectivity index (χ4v) is 3.32. The quantitative estimate of drug-likeness (QED) is 0.691. The summed E-state index contributed by atoms with van der Waals surface area (Å²) >= 11 is 0. The fraction of sp³-hybridized carbons (Fsp3) is 0.136.